The van der Waals surface area contributed by atoms with E-state index in [2.05, 4.69) is 39.8 Å². The number of carbonyl (C=O) groups is 2. The van der Waals surface area contributed by atoms with Crippen molar-refractivity contribution >= 4 is 11.9 Å². The van der Waals surface area contributed by atoms with Crippen molar-refractivity contribution in [3.8, 4) is 0 Å². The number of carbonyl (C=O) groups excluding carboxylic acids is 2. The van der Waals surface area contributed by atoms with Crippen molar-refractivity contribution in [2.45, 2.75) is 39.9 Å². The smallest absolute Gasteiger partial charge is 0.319 e. The number of allylic oxidation sites excluding steroid dienone is 1. The number of rotatable bonds is 6. The molecule has 27 heavy (non-hydrogen) atoms. The van der Waals surface area contributed by atoms with E-state index < -0.39 is 6.04 Å². The minimum atomic E-state index is -0.548. The third-order valence-corrected chi connectivity index (χ3v) is 4.32. The molecule has 3 amide bonds. The van der Waals surface area contributed by atoms with E-state index in [9.17, 15) is 9.59 Å². The van der Waals surface area contributed by atoms with E-state index in [0.29, 0.717) is 23.7 Å². The van der Waals surface area contributed by atoms with Gasteiger partial charge >= 0.3 is 6.03 Å². The molecule has 1 atom stereocenters. The second-order valence-corrected chi connectivity index (χ2v) is 6.97. The molecule has 0 aliphatic carbocycles. The van der Waals surface area contributed by atoms with Crippen LogP contribution in [0.3, 0.4) is 0 Å². The summed E-state index contributed by atoms with van der Waals surface area (Å²) in [6.07, 6.45) is 6.82. The Morgan fingerprint density at radius 3 is 2.85 bits per heavy atom. The van der Waals surface area contributed by atoms with E-state index >= 15 is 0 Å². The van der Waals surface area contributed by atoms with Crippen LogP contribution in [0.5, 0.6) is 0 Å². The third-order valence-electron chi connectivity index (χ3n) is 4.32. The zero-order valence-electron chi connectivity index (χ0n) is 15.7. The third kappa shape index (κ3) is 4.33. The first-order chi connectivity index (χ1) is 13.0. The Labute approximate surface area is 158 Å². The molecule has 2 aromatic heterocycles. The van der Waals surface area contributed by atoms with Crippen LogP contribution in [0.1, 0.15) is 38.1 Å². The van der Waals surface area contributed by atoms with Gasteiger partial charge in [-0.05, 0) is 24.5 Å². The number of nitrogens with one attached hydrogen (secondary N) is 3. The topological polar surface area (TPSA) is 101 Å². The maximum Gasteiger partial charge on any atom is 0.319 e. The van der Waals surface area contributed by atoms with Gasteiger partial charge < -0.3 is 20.5 Å². The van der Waals surface area contributed by atoms with Crippen molar-refractivity contribution in [3.63, 3.8) is 0 Å². The molecule has 142 valence electrons. The summed E-state index contributed by atoms with van der Waals surface area (Å²) in [7, 11) is 0. The predicted octanol–water partition coefficient (Wildman–Crippen LogP) is 1.88. The van der Waals surface area contributed by atoms with E-state index in [1.807, 2.05) is 10.6 Å². The van der Waals surface area contributed by atoms with Gasteiger partial charge in [0.2, 0.25) is 0 Å². The van der Waals surface area contributed by atoms with E-state index in [1.54, 1.807) is 37.9 Å². The summed E-state index contributed by atoms with van der Waals surface area (Å²) in [5.41, 5.74) is 2.68. The fourth-order valence-electron chi connectivity index (χ4n) is 3.11. The molecule has 0 aromatic carbocycles. The lowest BCUT2D eigenvalue weighted by molar-refractivity contribution is -0.118. The molecule has 8 heteroatoms. The highest BCUT2D eigenvalue weighted by molar-refractivity contribution is 5.98. The molecule has 0 radical (unpaired) electrons. The first kappa shape index (κ1) is 18.6. The average Bonchev–Trinajstić information content (AvgIpc) is 3.06. The summed E-state index contributed by atoms with van der Waals surface area (Å²) in [4.78, 5) is 33.1. The van der Waals surface area contributed by atoms with Gasteiger partial charge in [-0.1, -0.05) is 19.9 Å². The Hall–Kier alpha value is -3.16. The van der Waals surface area contributed by atoms with Crippen molar-refractivity contribution in [3.05, 3.63) is 59.6 Å². The molecule has 0 unspecified atom stereocenters. The molecular formula is C19H24N6O2. The van der Waals surface area contributed by atoms with Crippen molar-refractivity contribution in [1.29, 1.82) is 0 Å². The SMILES string of the molecule is CC1=C(C(=O)NCc2cncn2CC(C)C)[C@H](c2cccnc2)NC(=O)N1. The Bertz CT molecular complexity index is 856. The average molecular weight is 368 g/mol. The highest BCUT2D eigenvalue weighted by Gasteiger charge is 2.31. The van der Waals surface area contributed by atoms with Crippen LogP contribution in [0.15, 0.2) is 48.3 Å². The van der Waals surface area contributed by atoms with Crippen LogP contribution in [0.25, 0.3) is 0 Å². The molecule has 1 aliphatic rings. The molecule has 0 bridgehead atoms. The highest BCUT2D eigenvalue weighted by atomic mass is 16.2. The van der Waals surface area contributed by atoms with Gasteiger partial charge in [-0.3, -0.25) is 9.78 Å². The second kappa shape index (κ2) is 8.03. The Morgan fingerprint density at radius 1 is 1.33 bits per heavy atom. The Morgan fingerprint density at radius 2 is 2.15 bits per heavy atom. The summed E-state index contributed by atoms with van der Waals surface area (Å²) in [6.45, 7) is 7.18. The summed E-state index contributed by atoms with van der Waals surface area (Å²) in [5, 5.41) is 8.41. The van der Waals surface area contributed by atoms with Crippen LogP contribution in [-0.2, 0) is 17.9 Å². The summed E-state index contributed by atoms with van der Waals surface area (Å²) >= 11 is 0. The van der Waals surface area contributed by atoms with Gasteiger partial charge in [0.25, 0.3) is 5.91 Å². The monoisotopic (exact) mass is 368 g/mol. The number of aromatic nitrogens is 3. The lowest BCUT2D eigenvalue weighted by Crippen LogP contribution is -2.47. The molecule has 1 aliphatic heterocycles. The highest BCUT2D eigenvalue weighted by Crippen LogP contribution is 2.26. The molecule has 0 fully saturated rings. The maximum absolute atomic E-state index is 12.9. The van der Waals surface area contributed by atoms with E-state index in [1.165, 1.54) is 0 Å². The number of imidazole rings is 1. The van der Waals surface area contributed by atoms with Gasteiger partial charge in [0.15, 0.2) is 0 Å². The van der Waals surface area contributed by atoms with Gasteiger partial charge in [0.05, 0.1) is 30.2 Å². The number of nitrogens with zero attached hydrogens (tertiary/aromatic N) is 3. The lowest BCUT2D eigenvalue weighted by Gasteiger charge is -2.28. The summed E-state index contributed by atoms with van der Waals surface area (Å²) < 4.78 is 2.03. The zero-order valence-corrected chi connectivity index (χ0v) is 15.7. The first-order valence-corrected chi connectivity index (χ1v) is 8.91. The first-order valence-electron chi connectivity index (χ1n) is 8.91. The molecule has 3 rings (SSSR count). The van der Waals surface area contributed by atoms with Crippen LogP contribution in [0, 0.1) is 5.92 Å². The van der Waals surface area contributed by atoms with Crippen molar-refractivity contribution in [2.24, 2.45) is 5.92 Å². The molecule has 0 saturated carbocycles. The van der Waals surface area contributed by atoms with Crippen molar-refractivity contribution in [2.75, 3.05) is 0 Å². The molecule has 3 heterocycles. The van der Waals surface area contributed by atoms with Gasteiger partial charge in [-0.25, -0.2) is 9.78 Å². The van der Waals surface area contributed by atoms with Gasteiger partial charge in [-0.15, -0.1) is 0 Å². The molecule has 0 saturated heterocycles. The zero-order chi connectivity index (χ0) is 19.4. The van der Waals surface area contributed by atoms with E-state index in [4.69, 9.17) is 0 Å². The normalized spacial score (nSPS) is 16.9. The molecule has 8 nitrogen and oxygen atoms in total. The number of hydrogen-bond donors (Lipinski definition) is 3. The standard InChI is InChI=1S/C19H24N6O2/c1-12(2)10-25-11-21-8-15(25)9-22-18(26)16-13(3)23-19(27)24-17(16)14-5-4-6-20-7-14/h4-8,11-12,17H,9-10H2,1-3H3,(H,22,26)(H2,23,24,27)/t17-/m0/s1. The number of amides is 3. The number of pyridine rings is 1. The van der Waals surface area contributed by atoms with Crippen LogP contribution >= 0.6 is 0 Å². The van der Waals surface area contributed by atoms with Crippen LogP contribution < -0.4 is 16.0 Å². The Balaban J connectivity index is 1.78. The molecular weight excluding hydrogens is 344 g/mol. The molecule has 2 aromatic rings. The van der Waals surface area contributed by atoms with Crippen LogP contribution in [0.4, 0.5) is 4.79 Å². The van der Waals surface area contributed by atoms with E-state index in [-0.39, 0.29) is 11.9 Å². The molecule has 3 N–H and O–H groups in total. The van der Waals surface area contributed by atoms with Crippen molar-refractivity contribution < 1.29 is 9.59 Å². The predicted molar refractivity (Wildman–Crippen MR) is 100 cm³/mol. The number of hydrogen-bond acceptors (Lipinski definition) is 4. The number of urea groups is 1. The fraction of sp³-hybridized carbons (Fsp3) is 0.368. The molecule has 0 spiro atoms. The summed E-state index contributed by atoms with van der Waals surface area (Å²) in [5.74, 6) is 0.234. The fourth-order valence-corrected chi connectivity index (χ4v) is 3.11. The van der Waals surface area contributed by atoms with Gasteiger partial charge in [-0.2, -0.15) is 0 Å². The minimum Gasteiger partial charge on any atom is -0.347 e. The van der Waals surface area contributed by atoms with E-state index in [0.717, 1.165) is 17.8 Å². The lowest BCUT2D eigenvalue weighted by atomic mass is 9.96. The summed E-state index contributed by atoms with van der Waals surface area (Å²) in [6, 6.07) is 2.72. The van der Waals surface area contributed by atoms with Crippen molar-refractivity contribution in [1.82, 2.24) is 30.5 Å². The largest absolute Gasteiger partial charge is 0.347 e. The maximum atomic E-state index is 12.9. The van der Waals surface area contributed by atoms with Gasteiger partial charge in [0.1, 0.15) is 0 Å². The van der Waals surface area contributed by atoms with Crippen LogP contribution in [0.2, 0.25) is 0 Å². The quantitative estimate of drug-likeness (QED) is 0.725. The minimum absolute atomic E-state index is 0.244. The second-order valence-electron chi connectivity index (χ2n) is 6.97. The van der Waals surface area contributed by atoms with Gasteiger partial charge in [0, 0.05) is 30.8 Å². The Kier molecular flexibility index (Phi) is 5.54. The van der Waals surface area contributed by atoms with Crippen LogP contribution in [-0.4, -0.2) is 26.5 Å².